The second kappa shape index (κ2) is 9.18. The van der Waals surface area contributed by atoms with Gasteiger partial charge in [0.25, 0.3) is 5.91 Å². The molecular formula is C23H29N3O3S. The predicted octanol–water partition coefficient (Wildman–Crippen LogP) is 2.93. The molecule has 0 saturated carbocycles. The summed E-state index contributed by atoms with van der Waals surface area (Å²) in [6, 6.07) is 13.8. The monoisotopic (exact) mass is 427 g/mol. The van der Waals surface area contributed by atoms with Crippen molar-refractivity contribution in [1.29, 1.82) is 0 Å². The summed E-state index contributed by atoms with van der Waals surface area (Å²) in [5.74, 6) is 1.01. The van der Waals surface area contributed by atoms with Crippen LogP contribution in [0.5, 0.6) is 5.75 Å². The fourth-order valence-electron chi connectivity index (χ4n) is 4.53. The number of nitrogens with one attached hydrogen (secondary N) is 1. The Morgan fingerprint density at radius 1 is 1.10 bits per heavy atom. The summed E-state index contributed by atoms with van der Waals surface area (Å²) in [5, 5.41) is 2.81. The third-order valence-electron chi connectivity index (χ3n) is 6.07. The van der Waals surface area contributed by atoms with Gasteiger partial charge in [0, 0.05) is 44.0 Å². The molecular weight excluding hydrogens is 398 g/mol. The van der Waals surface area contributed by atoms with Crippen molar-refractivity contribution in [2.75, 3.05) is 26.7 Å². The van der Waals surface area contributed by atoms with Gasteiger partial charge >= 0.3 is 0 Å². The summed E-state index contributed by atoms with van der Waals surface area (Å²) >= 11 is 1.55. The van der Waals surface area contributed by atoms with Crippen LogP contribution in [0.25, 0.3) is 0 Å². The first kappa shape index (κ1) is 20.9. The van der Waals surface area contributed by atoms with Gasteiger partial charge in [0.15, 0.2) is 0 Å². The van der Waals surface area contributed by atoms with Crippen molar-refractivity contribution in [2.24, 2.45) is 0 Å². The van der Waals surface area contributed by atoms with Crippen LogP contribution >= 0.6 is 11.3 Å². The SMILES string of the molecule is CNC(=O)[C@@H]1C[C@H](Oc2ccccc2)CN1C1CCN(C(=O)c2ccc(C)s2)CC1. The molecule has 2 aromatic rings. The number of carbonyl (C=O) groups is 2. The van der Waals surface area contributed by atoms with E-state index in [-0.39, 0.29) is 30.0 Å². The van der Waals surface area contributed by atoms with Crippen molar-refractivity contribution in [1.82, 2.24) is 15.1 Å². The number of likely N-dealkylation sites (tertiary alicyclic amines) is 2. The molecule has 3 heterocycles. The van der Waals surface area contributed by atoms with E-state index in [0.717, 1.165) is 48.0 Å². The predicted molar refractivity (Wildman–Crippen MR) is 118 cm³/mol. The summed E-state index contributed by atoms with van der Waals surface area (Å²) < 4.78 is 6.16. The summed E-state index contributed by atoms with van der Waals surface area (Å²) in [5.41, 5.74) is 0. The third kappa shape index (κ3) is 4.52. The smallest absolute Gasteiger partial charge is 0.263 e. The highest BCUT2D eigenvalue weighted by molar-refractivity contribution is 7.13. The Kier molecular flexibility index (Phi) is 6.39. The summed E-state index contributed by atoms with van der Waals surface area (Å²) in [7, 11) is 1.69. The molecule has 2 aliphatic heterocycles. The number of carbonyl (C=O) groups excluding carboxylic acids is 2. The van der Waals surface area contributed by atoms with Crippen LogP contribution in [0.15, 0.2) is 42.5 Å². The van der Waals surface area contributed by atoms with Crippen LogP contribution in [0.4, 0.5) is 0 Å². The van der Waals surface area contributed by atoms with Crippen LogP contribution in [-0.4, -0.2) is 66.5 Å². The number of benzene rings is 1. The number of para-hydroxylation sites is 1. The van der Waals surface area contributed by atoms with E-state index in [0.29, 0.717) is 6.42 Å². The van der Waals surface area contributed by atoms with Crippen LogP contribution in [0.3, 0.4) is 0 Å². The molecule has 2 aliphatic rings. The lowest BCUT2D eigenvalue weighted by Crippen LogP contribution is -2.51. The lowest BCUT2D eigenvalue weighted by Gasteiger charge is -2.38. The maximum absolute atomic E-state index is 12.8. The van der Waals surface area contributed by atoms with Gasteiger partial charge in [0.1, 0.15) is 11.9 Å². The number of aryl methyl sites for hydroxylation is 1. The Morgan fingerprint density at radius 3 is 2.47 bits per heavy atom. The molecule has 1 aromatic carbocycles. The van der Waals surface area contributed by atoms with Crippen molar-refractivity contribution in [3.63, 3.8) is 0 Å². The number of thiophene rings is 1. The van der Waals surface area contributed by atoms with E-state index in [9.17, 15) is 9.59 Å². The van der Waals surface area contributed by atoms with Crippen molar-refractivity contribution in [3.8, 4) is 5.75 Å². The van der Waals surface area contributed by atoms with Gasteiger partial charge in [-0.2, -0.15) is 0 Å². The van der Waals surface area contributed by atoms with E-state index < -0.39 is 0 Å². The molecule has 7 heteroatoms. The fraction of sp³-hybridized carbons (Fsp3) is 0.478. The topological polar surface area (TPSA) is 61.9 Å². The number of amides is 2. The molecule has 2 atom stereocenters. The Bertz CT molecular complexity index is 877. The summed E-state index contributed by atoms with van der Waals surface area (Å²) in [6.45, 7) is 4.20. The van der Waals surface area contributed by atoms with Gasteiger partial charge in [-0.1, -0.05) is 18.2 Å². The third-order valence-corrected chi connectivity index (χ3v) is 7.06. The van der Waals surface area contributed by atoms with Gasteiger partial charge in [0.05, 0.1) is 10.9 Å². The highest BCUT2D eigenvalue weighted by Crippen LogP contribution is 2.30. The lowest BCUT2D eigenvalue weighted by molar-refractivity contribution is -0.126. The van der Waals surface area contributed by atoms with Crippen molar-refractivity contribution in [3.05, 3.63) is 52.2 Å². The van der Waals surface area contributed by atoms with E-state index in [1.54, 1.807) is 18.4 Å². The molecule has 1 N–H and O–H groups in total. The summed E-state index contributed by atoms with van der Waals surface area (Å²) in [6.07, 6.45) is 2.43. The highest BCUT2D eigenvalue weighted by atomic mass is 32.1. The normalized spacial score (nSPS) is 22.8. The Balaban J connectivity index is 1.39. The minimum absolute atomic E-state index is 0.0107. The number of nitrogens with zero attached hydrogens (tertiary/aromatic N) is 2. The van der Waals surface area contributed by atoms with E-state index in [1.165, 1.54) is 0 Å². The van der Waals surface area contributed by atoms with E-state index in [1.807, 2.05) is 54.3 Å². The number of rotatable bonds is 5. The fourth-order valence-corrected chi connectivity index (χ4v) is 5.37. The molecule has 0 bridgehead atoms. The number of piperidine rings is 1. The number of ether oxygens (including phenoxy) is 1. The second-order valence-electron chi connectivity index (χ2n) is 8.05. The van der Waals surface area contributed by atoms with Crippen LogP contribution in [0, 0.1) is 6.92 Å². The highest BCUT2D eigenvalue weighted by Gasteiger charge is 2.42. The molecule has 2 saturated heterocycles. The average molecular weight is 428 g/mol. The van der Waals surface area contributed by atoms with Gasteiger partial charge in [-0.05, 0) is 44.0 Å². The molecule has 2 fully saturated rings. The number of likely N-dealkylation sites (N-methyl/N-ethyl adjacent to an activating group) is 1. The molecule has 0 spiro atoms. The molecule has 0 aliphatic carbocycles. The second-order valence-corrected chi connectivity index (χ2v) is 9.34. The molecule has 0 radical (unpaired) electrons. The molecule has 30 heavy (non-hydrogen) atoms. The van der Waals surface area contributed by atoms with Gasteiger partial charge in [-0.3, -0.25) is 14.5 Å². The lowest BCUT2D eigenvalue weighted by atomic mass is 10.0. The molecule has 160 valence electrons. The van der Waals surface area contributed by atoms with E-state index in [4.69, 9.17) is 4.74 Å². The largest absolute Gasteiger partial charge is 0.489 e. The zero-order chi connectivity index (χ0) is 21.1. The van der Waals surface area contributed by atoms with Crippen molar-refractivity contribution < 1.29 is 14.3 Å². The molecule has 4 rings (SSSR count). The minimum Gasteiger partial charge on any atom is -0.489 e. The zero-order valence-electron chi connectivity index (χ0n) is 17.5. The van der Waals surface area contributed by atoms with Crippen LogP contribution < -0.4 is 10.1 Å². The first-order chi connectivity index (χ1) is 14.5. The van der Waals surface area contributed by atoms with Gasteiger partial charge in [-0.25, -0.2) is 0 Å². The summed E-state index contributed by atoms with van der Waals surface area (Å²) in [4.78, 5) is 31.5. The maximum Gasteiger partial charge on any atom is 0.263 e. The standard InChI is InChI=1S/C23H29N3O3S/c1-16-8-9-21(30-16)23(28)25-12-10-17(11-13-25)26-15-19(14-20(26)22(27)24-2)29-18-6-4-3-5-7-18/h3-9,17,19-20H,10-15H2,1-2H3,(H,24,27)/t19-,20-/m0/s1. The van der Waals surface area contributed by atoms with Crippen molar-refractivity contribution >= 4 is 23.2 Å². The van der Waals surface area contributed by atoms with Crippen molar-refractivity contribution in [2.45, 2.75) is 44.4 Å². The van der Waals surface area contributed by atoms with E-state index >= 15 is 0 Å². The Labute approximate surface area is 181 Å². The molecule has 1 aromatic heterocycles. The number of hydrogen-bond acceptors (Lipinski definition) is 5. The van der Waals surface area contributed by atoms with Gasteiger partial charge < -0.3 is 15.0 Å². The van der Waals surface area contributed by atoms with Crippen LogP contribution in [-0.2, 0) is 4.79 Å². The Hall–Kier alpha value is -2.38. The first-order valence-corrected chi connectivity index (χ1v) is 11.4. The zero-order valence-corrected chi connectivity index (χ0v) is 18.4. The van der Waals surface area contributed by atoms with Gasteiger partial charge in [0.2, 0.25) is 5.91 Å². The molecule has 2 amide bonds. The van der Waals surface area contributed by atoms with Crippen LogP contribution in [0.1, 0.15) is 33.8 Å². The average Bonchev–Trinajstić information content (AvgIpc) is 3.40. The Morgan fingerprint density at radius 2 is 1.83 bits per heavy atom. The molecule has 6 nitrogen and oxygen atoms in total. The van der Waals surface area contributed by atoms with Gasteiger partial charge in [-0.15, -0.1) is 11.3 Å². The first-order valence-electron chi connectivity index (χ1n) is 10.6. The molecule has 0 unspecified atom stereocenters. The van der Waals surface area contributed by atoms with Crippen LogP contribution in [0.2, 0.25) is 0 Å². The quantitative estimate of drug-likeness (QED) is 0.797. The van der Waals surface area contributed by atoms with E-state index in [2.05, 4.69) is 10.2 Å². The maximum atomic E-state index is 12.8. The number of hydrogen-bond donors (Lipinski definition) is 1. The minimum atomic E-state index is -0.184.